The van der Waals surface area contributed by atoms with Gasteiger partial charge in [-0.25, -0.2) is 4.79 Å². The van der Waals surface area contributed by atoms with Gasteiger partial charge in [0, 0.05) is 5.56 Å². The van der Waals surface area contributed by atoms with Crippen LogP contribution in [0.25, 0.3) is 0 Å². The fourth-order valence-electron chi connectivity index (χ4n) is 1.13. The number of ether oxygens (including phenoxy) is 1. The van der Waals surface area contributed by atoms with E-state index < -0.39 is 24.4 Å². The van der Waals surface area contributed by atoms with Gasteiger partial charge in [-0.3, -0.25) is 9.59 Å². The van der Waals surface area contributed by atoms with E-state index in [2.05, 4.69) is 10.1 Å². The zero-order valence-corrected chi connectivity index (χ0v) is 9.10. The number of aliphatic carboxylic acids is 1. The molecule has 0 atom stereocenters. The molecule has 0 aliphatic rings. The number of rotatable bonds is 4. The first-order chi connectivity index (χ1) is 8.04. The van der Waals surface area contributed by atoms with E-state index in [0.29, 0.717) is 5.56 Å². The Morgan fingerprint density at radius 2 is 1.71 bits per heavy atom. The number of nitrogens with one attached hydrogen (secondary N) is 1. The van der Waals surface area contributed by atoms with Gasteiger partial charge < -0.3 is 15.2 Å². The zero-order chi connectivity index (χ0) is 12.8. The molecule has 0 aliphatic carbocycles. The second-order valence-corrected chi connectivity index (χ2v) is 3.15. The molecule has 1 aromatic rings. The minimum Gasteiger partial charge on any atom is -0.480 e. The van der Waals surface area contributed by atoms with E-state index in [4.69, 9.17) is 5.11 Å². The van der Waals surface area contributed by atoms with E-state index in [1.54, 1.807) is 0 Å². The molecular weight excluding hydrogens is 226 g/mol. The summed E-state index contributed by atoms with van der Waals surface area (Å²) in [7, 11) is 1.26. The van der Waals surface area contributed by atoms with Crippen LogP contribution in [0.4, 0.5) is 0 Å². The quantitative estimate of drug-likeness (QED) is 0.734. The minimum absolute atomic E-state index is 0.277. The number of benzene rings is 1. The molecule has 0 saturated heterocycles. The fraction of sp³-hybridized carbons (Fsp3) is 0.182. The Bertz CT molecular complexity index is 438. The third-order valence-electron chi connectivity index (χ3n) is 1.97. The van der Waals surface area contributed by atoms with Crippen molar-refractivity contribution in [3.05, 3.63) is 35.4 Å². The van der Waals surface area contributed by atoms with E-state index >= 15 is 0 Å². The van der Waals surface area contributed by atoms with Crippen molar-refractivity contribution < 1.29 is 24.2 Å². The van der Waals surface area contributed by atoms with Gasteiger partial charge >= 0.3 is 11.9 Å². The Balaban J connectivity index is 2.70. The molecule has 0 radical (unpaired) electrons. The standard InChI is InChI=1S/C11H11NO5/c1-17-11(16)8-4-2-7(3-5-8)10(15)12-6-9(13)14/h2-5H,6H2,1H3,(H,12,15)(H,13,14). The molecule has 17 heavy (non-hydrogen) atoms. The van der Waals surface area contributed by atoms with Crippen molar-refractivity contribution in [3.63, 3.8) is 0 Å². The summed E-state index contributed by atoms with van der Waals surface area (Å²) in [5.41, 5.74) is 0.598. The van der Waals surface area contributed by atoms with Crippen LogP contribution in [0, 0.1) is 0 Å². The molecule has 0 unspecified atom stereocenters. The molecule has 1 aromatic carbocycles. The third kappa shape index (κ3) is 3.60. The van der Waals surface area contributed by atoms with Gasteiger partial charge in [0.05, 0.1) is 12.7 Å². The van der Waals surface area contributed by atoms with Crippen LogP contribution >= 0.6 is 0 Å². The molecule has 0 spiro atoms. The number of carbonyl (C=O) groups is 3. The summed E-state index contributed by atoms with van der Waals surface area (Å²) < 4.78 is 4.50. The van der Waals surface area contributed by atoms with Crippen molar-refractivity contribution >= 4 is 17.8 Å². The topological polar surface area (TPSA) is 92.7 Å². The first-order valence-electron chi connectivity index (χ1n) is 4.73. The van der Waals surface area contributed by atoms with Crippen molar-refractivity contribution in [3.8, 4) is 0 Å². The molecule has 2 N–H and O–H groups in total. The van der Waals surface area contributed by atoms with Gasteiger partial charge in [-0.2, -0.15) is 0 Å². The van der Waals surface area contributed by atoms with E-state index in [1.807, 2.05) is 0 Å². The van der Waals surface area contributed by atoms with Gasteiger partial charge in [0.15, 0.2) is 0 Å². The summed E-state index contributed by atoms with van der Waals surface area (Å²) in [6, 6.07) is 5.70. The number of amides is 1. The highest BCUT2D eigenvalue weighted by atomic mass is 16.5. The number of hydrogen-bond acceptors (Lipinski definition) is 4. The zero-order valence-electron chi connectivity index (χ0n) is 9.10. The summed E-state index contributed by atoms with van der Waals surface area (Å²) in [5, 5.41) is 10.6. The molecule has 0 saturated carbocycles. The molecule has 6 nitrogen and oxygen atoms in total. The monoisotopic (exact) mass is 237 g/mol. The van der Waals surface area contributed by atoms with Crippen LogP contribution in [-0.2, 0) is 9.53 Å². The molecule has 6 heteroatoms. The van der Waals surface area contributed by atoms with Crippen LogP contribution in [-0.4, -0.2) is 36.6 Å². The van der Waals surface area contributed by atoms with Crippen LogP contribution < -0.4 is 5.32 Å². The van der Waals surface area contributed by atoms with Crippen LogP contribution in [0.15, 0.2) is 24.3 Å². The number of hydrogen-bond donors (Lipinski definition) is 2. The molecule has 0 fully saturated rings. The van der Waals surface area contributed by atoms with Gasteiger partial charge in [-0.15, -0.1) is 0 Å². The Labute approximate surface area is 97.2 Å². The summed E-state index contributed by atoms with van der Waals surface area (Å²) in [6.45, 7) is -0.447. The van der Waals surface area contributed by atoms with Gasteiger partial charge in [-0.05, 0) is 24.3 Å². The summed E-state index contributed by atoms with van der Waals surface area (Å²) in [5.74, 6) is -2.13. The summed E-state index contributed by atoms with van der Waals surface area (Å²) in [6.07, 6.45) is 0. The van der Waals surface area contributed by atoms with Crippen LogP contribution in [0.2, 0.25) is 0 Å². The number of carbonyl (C=O) groups excluding carboxylic acids is 2. The molecule has 0 heterocycles. The highest BCUT2D eigenvalue weighted by Crippen LogP contribution is 2.05. The highest BCUT2D eigenvalue weighted by Gasteiger charge is 2.09. The first kappa shape index (κ1) is 12.7. The maximum atomic E-state index is 11.4. The van der Waals surface area contributed by atoms with Crippen LogP contribution in [0.3, 0.4) is 0 Å². The second-order valence-electron chi connectivity index (χ2n) is 3.15. The van der Waals surface area contributed by atoms with E-state index in [1.165, 1.54) is 31.4 Å². The van der Waals surface area contributed by atoms with Gasteiger partial charge in [0.25, 0.3) is 5.91 Å². The average Bonchev–Trinajstić information content (AvgIpc) is 2.35. The molecule has 0 bridgehead atoms. The minimum atomic E-state index is -1.12. The number of methoxy groups -OCH3 is 1. The lowest BCUT2D eigenvalue weighted by Gasteiger charge is -2.03. The third-order valence-corrected chi connectivity index (χ3v) is 1.97. The molecule has 90 valence electrons. The van der Waals surface area contributed by atoms with Crippen molar-refractivity contribution in [2.45, 2.75) is 0 Å². The lowest BCUT2D eigenvalue weighted by Crippen LogP contribution is -2.29. The first-order valence-corrected chi connectivity index (χ1v) is 4.73. The van der Waals surface area contributed by atoms with Crippen LogP contribution in [0.5, 0.6) is 0 Å². The lowest BCUT2D eigenvalue weighted by atomic mass is 10.1. The van der Waals surface area contributed by atoms with E-state index in [9.17, 15) is 14.4 Å². The number of carboxylic acids is 1. The molecule has 1 rings (SSSR count). The smallest absolute Gasteiger partial charge is 0.337 e. The second kappa shape index (κ2) is 5.64. The van der Waals surface area contributed by atoms with Crippen molar-refractivity contribution in [2.75, 3.05) is 13.7 Å². The fourth-order valence-corrected chi connectivity index (χ4v) is 1.13. The van der Waals surface area contributed by atoms with Crippen molar-refractivity contribution in [1.82, 2.24) is 5.32 Å². The van der Waals surface area contributed by atoms with E-state index in [-0.39, 0.29) is 5.56 Å². The average molecular weight is 237 g/mol. The van der Waals surface area contributed by atoms with Gasteiger partial charge in [0.1, 0.15) is 6.54 Å². The highest BCUT2D eigenvalue weighted by molar-refractivity contribution is 5.97. The van der Waals surface area contributed by atoms with Gasteiger partial charge in [-0.1, -0.05) is 0 Å². The van der Waals surface area contributed by atoms with Crippen molar-refractivity contribution in [2.24, 2.45) is 0 Å². The van der Waals surface area contributed by atoms with Gasteiger partial charge in [0.2, 0.25) is 0 Å². The number of esters is 1. The van der Waals surface area contributed by atoms with Crippen LogP contribution in [0.1, 0.15) is 20.7 Å². The molecule has 0 aromatic heterocycles. The Morgan fingerprint density at radius 3 is 2.18 bits per heavy atom. The SMILES string of the molecule is COC(=O)c1ccc(C(=O)NCC(=O)O)cc1. The Hall–Kier alpha value is -2.37. The largest absolute Gasteiger partial charge is 0.480 e. The summed E-state index contributed by atoms with van der Waals surface area (Å²) >= 11 is 0. The normalized spacial score (nSPS) is 9.47. The predicted molar refractivity (Wildman–Crippen MR) is 57.8 cm³/mol. The molecule has 1 amide bonds. The van der Waals surface area contributed by atoms with E-state index in [0.717, 1.165) is 0 Å². The molecule has 0 aliphatic heterocycles. The lowest BCUT2D eigenvalue weighted by molar-refractivity contribution is -0.135. The maximum Gasteiger partial charge on any atom is 0.337 e. The number of carboxylic acid groups (broad SMARTS) is 1. The van der Waals surface area contributed by atoms with Crippen molar-refractivity contribution in [1.29, 1.82) is 0 Å². The Morgan fingerprint density at radius 1 is 1.18 bits per heavy atom. The molecular formula is C11H11NO5. The summed E-state index contributed by atoms with van der Waals surface area (Å²) in [4.78, 5) is 32.8. The predicted octanol–water partition coefficient (Wildman–Crippen LogP) is 0.288. The maximum absolute atomic E-state index is 11.4. The Kier molecular flexibility index (Phi) is 4.21.